The topological polar surface area (TPSA) is 52.6 Å². The molecule has 0 aliphatic heterocycles. The van der Waals surface area contributed by atoms with Gasteiger partial charge < -0.3 is 0 Å². The molecule has 0 aliphatic rings. The predicted octanol–water partition coefficient (Wildman–Crippen LogP) is 10.1. The summed E-state index contributed by atoms with van der Waals surface area (Å²) >= 11 is -4.19. The summed E-state index contributed by atoms with van der Waals surface area (Å²) in [4.78, 5) is 27.3. The van der Waals surface area contributed by atoms with Gasteiger partial charge in [-0.2, -0.15) is 0 Å². The Labute approximate surface area is 243 Å². The molecule has 2 rings (SSSR count). The van der Waals surface area contributed by atoms with Crippen molar-refractivity contribution >= 4 is 31.1 Å². The van der Waals surface area contributed by atoms with Gasteiger partial charge in [0.25, 0.3) is 0 Å². The van der Waals surface area contributed by atoms with Crippen molar-refractivity contribution in [3.8, 4) is 0 Å². The number of benzene rings is 2. The Morgan fingerprint density at radius 2 is 0.923 bits per heavy atom. The molecule has 0 saturated heterocycles. The van der Waals surface area contributed by atoms with Crippen molar-refractivity contribution in [3.63, 3.8) is 0 Å². The zero-order valence-corrected chi connectivity index (χ0v) is 28.4. The number of hydrogen-bond donors (Lipinski definition) is 0. The molecule has 0 spiro atoms. The van der Waals surface area contributed by atoms with Crippen LogP contribution < -0.4 is 0 Å². The first-order valence-electron chi connectivity index (χ1n) is 15.3. The predicted molar refractivity (Wildman–Crippen MR) is 165 cm³/mol. The van der Waals surface area contributed by atoms with Crippen LogP contribution in [-0.4, -0.2) is 31.1 Å². The average Bonchev–Trinajstić information content (AvgIpc) is 2.91. The van der Waals surface area contributed by atoms with Gasteiger partial charge in [-0.05, 0) is 0 Å². The zero-order valence-electron chi connectivity index (χ0n) is 25.5. The van der Waals surface area contributed by atoms with E-state index in [0.717, 1.165) is 56.8 Å². The number of rotatable bonds is 18. The van der Waals surface area contributed by atoms with Crippen LogP contribution in [-0.2, 0) is 6.15 Å². The zero-order chi connectivity index (χ0) is 28.7. The Hall–Kier alpha value is -1.82. The molecular formula is C34H52O4Sn. The quantitative estimate of drug-likeness (QED) is 0.120. The fraction of sp³-hybridized carbons (Fsp3) is 0.588. The van der Waals surface area contributed by atoms with Gasteiger partial charge >= 0.3 is 244 Å². The third-order valence-electron chi connectivity index (χ3n) is 8.03. The van der Waals surface area contributed by atoms with E-state index in [1.165, 1.54) is 51.4 Å². The van der Waals surface area contributed by atoms with E-state index in [9.17, 15) is 9.59 Å². The molecular weight excluding hydrogens is 591 g/mol. The summed E-state index contributed by atoms with van der Waals surface area (Å²) in [6, 6.07) is 11.5. The van der Waals surface area contributed by atoms with Crippen molar-refractivity contribution in [1.29, 1.82) is 0 Å². The van der Waals surface area contributed by atoms with Crippen LogP contribution in [0.1, 0.15) is 134 Å². The molecule has 0 N–H and O–H groups in total. The standard InChI is InChI=1S/2C9H10O2.2C8H17.Sn/c2*1-6-4-3-5-8(7(6)2)9(10)11;2*1-3-5-7-8-6-4-2;/h2*3-5H,1-2H3,(H,10,11);2*1,3-8H2,2H3;/q;;;;+2/p-2. The van der Waals surface area contributed by atoms with Crippen LogP contribution in [0.25, 0.3) is 0 Å². The first-order chi connectivity index (χ1) is 18.7. The van der Waals surface area contributed by atoms with E-state index in [-0.39, 0.29) is 11.9 Å². The molecule has 0 amide bonds. The molecule has 4 nitrogen and oxygen atoms in total. The molecule has 0 heterocycles. The maximum atomic E-state index is 13.7. The molecule has 0 aliphatic carbocycles. The first kappa shape index (κ1) is 33.4. The van der Waals surface area contributed by atoms with Gasteiger partial charge in [0.2, 0.25) is 0 Å². The van der Waals surface area contributed by atoms with E-state index >= 15 is 0 Å². The Morgan fingerprint density at radius 1 is 0.564 bits per heavy atom. The van der Waals surface area contributed by atoms with Crippen molar-refractivity contribution in [1.82, 2.24) is 0 Å². The van der Waals surface area contributed by atoms with Gasteiger partial charge in [-0.3, -0.25) is 0 Å². The van der Waals surface area contributed by atoms with Crippen LogP contribution in [0, 0.1) is 27.7 Å². The first-order valence-corrected chi connectivity index (χ1v) is 21.7. The van der Waals surface area contributed by atoms with Gasteiger partial charge in [-0.15, -0.1) is 0 Å². The molecule has 2 aromatic rings. The van der Waals surface area contributed by atoms with Crippen LogP contribution >= 0.6 is 0 Å². The van der Waals surface area contributed by atoms with Gasteiger partial charge in [0.05, 0.1) is 0 Å². The fourth-order valence-electron chi connectivity index (χ4n) is 5.09. The Kier molecular flexibility index (Phi) is 15.2. The van der Waals surface area contributed by atoms with Crippen molar-refractivity contribution in [3.05, 3.63) is 69.8 Å². The summed E-state index contributed by atoms with van der Waals surface area (Å²) in [7, 11) is 0. The normalized spacial score (nSPS) is 11.4. The molecule has 0 bridgehead atoms. The summed E-state index contributed by atoms with van der Waals surface area (Å²) < 4.78 is 14.5. The summed E-state index contributed by atoms with van der Waals surface area (Å²) in [5, 5.41) is 0. The minimum atomic E-state index is -4.19. The maximum absolute atomic E-state index is 13.7. The summed E-state index contributed by atoms with van der Waals surface area (Å²) in [5.74, 6) is -0.643. The second-order valence-corrected chi connectivity index (χ2v) is 20.4. The third-order valence-corrected chi connectivity index (χ3v) is 17.6. The average molecular weight is 643 g/mol. The monoisotopic (exact) mass is 644 g/mol. The molecule has 216 valence electrons. The molecule has 5 heteroatoms. The molecule has 0 radical (unpaired) electrons. The summed E-state index contributed by atoms with van der Waals surface area (Å²) in [6.07, 6.45) is 13.7. The van der Waals surface area contributed by atoms with Crippen LogP contribution in [0.15, 0.2) is 36.4 Å². The van der Waals surface area contributed by atoms with E-state index in [0.29, 0.717) is 11.1 Å². The Bertz CT molecular complexity index is 962. The second kappa shape index (κ2) is 17.8. The van der Waals surface area contributed by atoms with E-state index in [1.54, 1.807) is 0 Å². The van der Waals surface area contributed by atoms with E-state index in [4.69, 9.17) is 6.15 Å². The molecule has 0 fully saturated rings. The second-order valence-electron chi connectivity index (χ2n) is 11.2. The molecule has 0 unspecified atom stereocenters. The Morgan fingerprint density at radius 3 is 1.31 bits per heavy atom. The molecule has 0 aromatic heterocycles. The van der Waals surface area contributed by atoms with Crippen molar-refractivity contribution in [2.24, 2.45) is 0 Å². The van der Waals surface area contributed by atoms with Crippen molar-refractivity contribution < 1.29 is 15.7 Å². The SMILES string of the molecule is CCCCCCC[CH2][Sn]([CH2]CCCCCCC)([O]C(=O)c1cccc(C)c1C)[O]C(=O)c1cccc(C)c1C. The van der Waals surface area contributed by atoms with Crippen LogP contribution in [0.5, 0.6) is 0 Å². The van der Waals surface area contributed by atoms with Crippen LogP contribution in [0.4, 0.5) is 0 Å². The number of unbranched alkanes of at least 4 members (excludes halogenated alkanes) is 10. The van der Waals surface area contributed by atoms with Gasteiger partial charge in [-0.25, -0.2) is 0 Å². The summed E-state index contributed by atoms with van der Waals surface area (Å²) in [6.45, 7) is 12.4. The number of carbonyl (C=O) groups excluding carboxylic acids is 2. The number of hydrogen-bond acceptors (Lipinski definition) is 4. The van der Waals surface area contributed by atoms with E-state index in [2.05, 4.69) is 13.8 Å². The summed E-state index contributed by atoms with van der Waals surface area (Å²) in [5.41, 5.74) is 5.16. The van der Waals surface area contributed by atoms with Gasteiger partial charge in [0.1, 0.15) is 0 Å². The van der Waals surface area contributed by atoms with Gasteiger partial charge in [0.15, 0.2) is 0 Å². The minimum absolute atomic E-state index is 0.322. The van der Waals surface area contributed by atoms with Crippen LogP contribution in [0.3, 0.4) is 0 Å². The van der Waals surface area contributed by atoms with Gasteiger partial charge in [0, 0.05) is 0 Å². The van der Waals surface area contributed by atoms with Crippen molar-refractivity contribution in [2.45, 2.75) is 127 Å². The number of carbonyl (C=O) groups is 2. The van der Waals surface area contributed by atoms with E-state index in [1.807, 2.05) is 64.1 Å². The van der Waals surface area contributed by atoms with Crippen LogP contribution in [0.2, 0.25) is 8.87 Å². The van der Waals surface area contributed by atoms with Crippen molar-refractivity contribution in [2.75, 3.05) is 0 Å². The Balaban J connectivity index is 2.35. The van der Waals surface area contributed by atoms with Gasteiger partial charge in [-0.1, -0.05) is 0 Å². The molecule has 39 heavy (non-hydrogen) atoms. The van der Waals surface area contributed by atoms with E-state index < -0.39 is 19.2 Å². The third kappa shape index (κ3) is 10.9. The molecule has 0 saturated carbocycles. The molecule has 0 atom stereocenters. The fourth-order valence-corrected chi connectivity index (χ4v) is 14.1. The number of aryl methyl sites for hydroxylation is 2. The molecule has 2 aromatic carbocycles.